The predicted octanol–water partition coefficient (Wildman–Crippen LogP) is 12.1. The fourth-order valence-electron chi connectivity index (χ4n) is 5.83. The van der Waals surface area contributed by atoms with Gasteiger partial charge < -0.3 is 14.7 Å². The molecule has 45 heavy (non-hydrogen) atoms. The maximum Gasteiger partial charge on any atom is 0.0946 e. The Bertz CT molecular complexity index is 1710. The van der Waals surface area contributed by atoms with E-state index in [-0.39, 0.29) is 0 Å². The van der Waals surface area contributed by atoms with Gasteiger partial charge in [0.25, 0.3) is 0 Å². The van der Waals surface area contributed by atoms with E-state index in [1.54, 1.807) is 0 Å². The van der Waals surface area contributed by atoms with E-state index in [2.05, 4.69) is 215 Å². The van der Waals surface area contributed by atoms with Crippen LogP contribution in [0.2, 0.25) is 0 Å². The monoisotopic (exact) mass is 579 g/mol. The lowest BCUT2D eigenvalue weighted by Crippen LogP contribution is -2.21. The van der Waals surface area contributed by atoms with E-state index >= 15 is 0 Å². The summed E-state index contributed by atoms with van der Waals surface area (Å²) in [5.74, 6) is 0. The predicted molar refractivity (Wildman–Crippen MR) is 190 cm³/mol. The lowest BCUT2D eigenvalue weighted by molar-refractivity contribution is 1.19. The zero-order valence-electron chi connectivity index (χ0n) is 24.9. The third-order valence-corrected chi connectivity index (χ3v) is 7.79. The molecule has 0 N–H and O–H groups in total. The molecule has 0 fully saturated rings. The van der Waals surface area contributed by atoms with Gasteiger partial charge >= 0.3 is 0 Å². The van der Waals surface area contributed by atoms with Crippen LogP contribution in [-0.2, 0) is 0 Å². The fraction of sp³-hybridized carbons (Fsp3) is 0. The first-order valence-electron chi connectivity index (χ1n) is 15.2. The molecule has 0 aliphatic carbocycles. The number of hydrogen-bond donors (Lipinski definition) is 0. The SMILES string of the molecule is c1ccc(N(c2ccccc2)c2cccc(N(c3ccccc3)c3ccccc3)c2N(c2ccccc2)c2ccccc2)cc1. The second kappa shape index (κ2) is 13.1. The van der Waals surface area contributed by atoms with Gasteiger partial charge in [-0.15, -0.1) is 0 Å². The van der Waals surface area contributed by atoms with E-state index in [4.69, 9.17) is 0 Å². The maximum atomic E-state index is 2.38. The standard InChI is InChI=1S/C42H33N3/c1-7-20-34(21-8-1)43(35-22-9-2-10-23-35)40-32-19-33-41(44(36-24-11-3-12-25-36)37-26-13-4-14-27-37)42(40)45(38-28-15-5-16-29-38)39-30-17-6-18-31-39/h1-33H. The van der Waals surface area contributed by atoms with Crippen molar-refractivity contribution in [3.05, 3.63) is 200 Å². The van der Waals surface area contributed by atoms with Crippen molar-refractivity contribution in [2.45, 2.75) is 0 Å². The molecule has 3 nitrogen and oxygen atoms in total. The summed E-state index contributed by atoms with van der Waals surface area (Å²) in [5.41, 5.74) is 9.60. The van der Waals surface area contributed by atoms with Gasteiger partial charge in [-0.05, 0) is 84.9 Å². The van der Waals surface area contributed by atoms with Gasteiger partial charge in [0.05, 0.1) is 17.1 Å². The van der Waals surface area contributed by atoms with Gasteiger partial charge in [0, 0.05) is 34.1 Å². The van der Waals surface area contributed by atoms with Crippen molar-refractivity contribution in [2.75, 3.05) is 14.7 Å². The highest BCUT2D eigenvalue weighted by atomic mass is 15.3. The number of nitrogens with zero attached hydrogens (tertiary/aromatic N) is 3. The molecule has 0 aromatic heterocycles. The van der Waals surface area contributed by atoms with Crippen molar-refractivity contribution in [3.63, 3.8) is 0 Å². The first-order chi connectivity index (χ1) is 22.4. The molecule has 0 unspecified atom stereocenters. The lowest BCUT2D eigenvalue weighted by Gasteiger charge is -2.37. The molecule has 7 aromatic carbocycles. The van der Waals surface area contributed by atoms with Gasteiger partial charge in [-0.1, -0.05) is 115 Å². The number of benzene rings is 7. The maximum absolute atomic E-state index is 2.38. The molecule has 0 aliphatic rings. The zero-order chi connectivity index (χ0) is 30.3. The van der Waals surface area contributed by atoms with Crippen LogP contribution in [0.25, 0.3) is 0 Å². The van der Waals surface area contributed by atoms with Gasteiger partial charge in [0.1, 0.15) is 0 Å². The Balaban J connectivity index is 1.60. The molecule has 0 saturated heterocycles. The van der Waals surface area contributed by atoms with Gasteiger partial charge in [-0.3, -0.25) is 0 Å². The highest BCUT2D eigenvalue weighted by Gasteiger charge is 2.28. The van der Waals surface area contributed by atoms with Crippen LogP contribution in [-0.4, -0.2) is 0 Å². The molecule has 0 heterocycles. The second-order valence-electron chi connectivity index (χ2n) is 10.7. The van der Waals surface area contributed by atoms with Crippen molar-refractivity contribution in [3.8, 4) is 0 Å². The Kier molecular flexibility index (Phi) is 8.06. The summed E-state index contributed by atoms with van der Waals surface area (Å²) < 4.78 is 0. The van der Waals surface area contributed by atoms with Crippen molar-refractivity contribution in [1.29, 1.82) is 0 Å². The molecule has 7 aromatic rings. The minimum Gasteiger partial charge on any atom is -0.308 e. The van der Waals surface area contributed by atoms with Crippen LogP contribution in [0.15, 0.2) is 200 Å². The van der Waals surface area contributed by atoms with Crippen LogP contribution in [0.4, 0.5) is 51.2 Å². The van der Waals surface area contributed by atoms with Gasteiger partial charge in [-0.2, -0.15) is 0 Å². The largest absolute Gasteiger partial charge is 0.308 e. The minimum atomic E-state index is 1.05. The Morgan fingerprint density at radius 1 is 0.200 bits per heavy atom. The summed E-state index contributed by atoms with van der Waals surface area (Å²) in [5, 5.41) is 0. The van der Waals surface area contributed by atoms with Crippen LogP contribution in [0.5, 0.6) is 0 Å². The summed E-state index contributed by atoms with van der Waals surface area (Å²) >= 11 is 0. The number of hydrogen-bond acceptors (Lipinski definition) is 3. The molecular weight excluding hydrogens is 546 g/mol. The highest BCUT2D eigenvalue weighted by Crippen LogP contribution is 2.52. The summed E-state index contributed by atoms with van der Waals surface area (Å²) in [6.07, 6.45) is 0. The van der Waals surface area contributed by atoms with Crippen LogP contribution >= 0.6 is 0 Å². The Labute approximate surface area is 265 Å². The van der Waals surface area contributed by atoms with Crippen molar-refractivity contribution in [1.82, 2.24) is 0 Å². The summed E-state index contributed by atoms with van der Waals surface area (Å²) in [7, 11) is 0. The van der Waals surface area contributed by atoms with Gasteiger partial charge in [-0.25, -0.2) is 0 Å². The van der Waals surface area contributed by atoms with E-state index in [0.29, 0.717) is 0 Å². The van der Waals surface area contributed by atoms with E-state index in [0.717, 1.165) is 51.2 Å². The van der Waals surface area contributed by atoms with E-state index in [1.807, 2.05) is 0 Å². The van der Waals surface area contributed by atoms with E-state index in [9.17, 15) is 0 Å². The smallest absolute Gasteiger partial charge is 0.0946 e. The molecule has 0 spiro atoms. The van der Waals surface area contributed by atoms with Crippen LogP contribution in [0.1, 0.15) is 0 Å². The quantitative estimate of drug-likeness (QED) is 0.168. The van der Waals surface area contributed by atoms with Crippen molar-refractivity contribution >= 4 is 51.2 Å². The summed E-state index contributed by atoms with van der Waals surface area (Å²) in [6, 6.07) is 70.3. The Morgan fingerprint density at radius 3 is 0.667 bits per heavy atom. The normalized spacial score (nSPS) is 10.7. The van der Waals surface area contributed by atoms with Crippen molar-refractivity contribution < 1.29 is 0 Å². The molecule has 3 heteroatoms. The zero-order valence-corrected chi connectivity index (χ0v) is 24.9. The third-order valence-electron chi connectivity index (χ3n) is 7.79. The molecule has 0 amide bonds. The molecule has 0 atom stereocenters. The van der Waals surface area contributed by atoms with Crippen LogP contribution in [0, 0.1) is 0 Å². The summed E-state index contributed by atoms with van der Waals surface area (Å²) in [6.45, 7) is 0. The lowest BCUT2D eigenvalue weighted by atomic mass is 10.1. The molecule has 0 saturated carbocycles. The average molecular weight is 580 g/mol. The molecule has 0 radical (unpaired) electrons. The topological polar surface area (TPSA) is 9.72 Å². The Hall–Kier alpha value is -6.06. The molecular formula is C42H33N3. The van der Waals surface area contributed by atoms with Crippen LogP contribution in [0.3, 0.4) is 0 Å². The van der Waals surface area contributed by atoms with E-state index in [1.165, 1.54) is 0 Å². The number of para-hydroxylation sites is 7. The highest BCUT2D eigenvalue weighted by molar-refractivity contribution is 6.00. The third kappa shape index (κ3) is 5.80. The molecule has 7 rings (SSSR count). The first-order valence-corrected chi connectivity index (χ1v) is 15.2. The molecule has 0 aliphatic heterocycles. The van der Waals surface area contributed by atoms with Gasteiger partial charge in [0.2, 0.25) is 0 Å². The second-order valence-corrected chi connectivity index (χ2v) is 10.7. The van der Waals surface area contributed by atoms with Gasteiger partial charge in [0.15, 0.2) is 0 Å². The number of anilines is 9. The van der Waals surface area contributed by atoms with Crippen molar-refractivity contribution in [2.24, 2.45) is 0 Å². The minimum absolute atomic E-state index is 1.05. The average Bonchev–Trinajstić information content (AvgIpc) is 3.12. The Morgan fingerprint density at radius 2 is 0.422 bits per heavy atom. The molecule has 0 bridgehead atoms. The molecule has 216 valence electrons. The van der Waals surface area contributed by atoms with Crippen LogP contribution < -0.4 is 14.7 Å². The number of rotatable bonds is 9. The summed E-state index contributed by atoms with van der Waals surface area (Å²) in [4.78, 5) is 7.08. The fourth-order valence-corrected chi connectivity index (χ4v) is 5.83. The van der Waals surface area contributed by atoms with E-state index < -0.39 is 0 Å². The first kappa shape index (κ1) is 27.8.